The Morgan fingerprint density at radius 3 is 2.41 bits per heavy atom. The van der Waals surface area contributed by atoms with Gasteiger partial charge in [-0.3, -0.25) is 0 Å². The summed E-state index contributed by atoms with van der Waals surface area (Å²) in [7, 11) is 0. The van der Waals surface area contributed by atoms with Gasteiger partial charge in [-0.05, 0) is 42.0 Å². The zero-order valence-electron chi connectivity index (χ0n) is 11.3. The summed E-state index contributed by atoms with van der Waals surface area (Å²) in [5, 5.41) is 0. The normalized spacial score (nSPS) is 13.0. The highest BCUT2D eigenvalue weighted by Crippen LogP contribution is 2.23. The van der Waals surface area contributed by atoms with Crippen LogP contribution < -0.4 is 0 Å². The lowest BCUT2D eigenvalue weighted by atomic mass is 9.96. The second-order valence-corrected chi connectivity index (χ2v) is 4.72. The van der Waals surface area contributed by atoms with Crippen LogP contribution in [0.2, 0.25) is 0 Å². The van der Waals surface area contributed by atoms with E-state index < -0.39 is 0 Å². The fraction of sp³-hybridized carbons (Fsp3) is 0.294. The van der Waals surface area contributed by atoms with E-state index in [2.05, 4.69) is 70.7 Å². The molecule has 0 amide bonds. The summed E-state index contributed by atoms with van der Waals surface area (Å²) in [6.45, 7) is 12.6. The van der Waals surface area contributed by atoms with Crippen LogP contribution in [0.5, 0.6) is 0 Å². The SMILES string of the molecule is C=C/C(=C(C)\C=C/C(C)C)c1ccccc1C. The molecule has 0 heterocycles. The number of hydrogen-bond acceptors (Lipinski definition) is 0. The van der Waals surface area contributed by atoms with E-state index in [0.717, 1.165) is 0 Å². The maximum absolute atomic E-state index is 3.93. The molecule has 0 aliphatic rings. The van der Waals surface area contributed by atoms with Crippen LogP contribution in [0.3, 0.4) is 0 Å². The number of hydrogen-bond donors (Lipinski definition) is 0. The molecule has 1 aromatic rings. The standard InChI is InChI=1S/C17H22/c1-6-16(15(5)12-11-13(2)3)17-10-8-7-9-14(17)4/h6-13H,1H2,2-5H3/b12-11-,16-15+. The molecule has 0 nitrogen and oxygen atoms in total. The molecule has 0 N–H and O–H groups in total. The highest BCUT2D eigenvalue weighted by molar-refractivity contribution is 5.79. The summed E-state index contributed by atoms with van der Waals surface area (Å²) in [5.74, 6) is 0.577. The molecule has 90 valence electrons. The first-order valence-corrected chi connectivity index (χ1v) is 6.13. The molecule has 0 atom stereocenters. The Labute approximate surface area is 105 Å². The van der Waals surface area contributed by atoms with Crippen molar-refractivity contribution < 1.29 is 0 Å². The molecule has 1 rings (SSSR count). The molecule has 0 saturated carbocycles. The van der Waals surface area contributed by atoms with E-state index in [4.69, 9.17) is 0 Å². The van der Waals surface area contributed by atoms with Crippen molar-refractivity contribution in [3.05, 3.63) is 65.8 Å². The molecule has 1 aromatic carbocycles. The van der Waals surface area contributed by atoms with Gasteiger partial charge in [-0.25, -0.2) is 0 Å². The number of rotatable bonds is 4. The van der Waals surface area contributed by atoms with Crippen LogP contribution in [0.4, 0.5) is 0 Å². The fourth-order valence-electron chi connectivity index (χ4n) is 1.79. The van der Waals surface area contributed by atoms with E-state index in [0.29, 0.717) is 5.92 Å². The first-order valence-electron chi connectivity index (χ1n) is 6.13. The molecule has 0 radical (unpaired) electrons. The second kappa shape index (κ2) is 6.24. The van der Waals surface area contributed by atoms with E-state index >= 15 is 0 Å². The van der Waals surface area contributed by atoms with E-state index in [1.54, 1.807) is 0 Å². The summed E-state index contributed by atoms with van der Waals surface area (Å²) >= 11 is 0. The monoisotopic (exact) mass is 226 g/mol. The average molecular weight is 226 g/mol. The largest absolute Gasteiger partial charge is 0.0984 e. The van der Waals surface area contributed by atoms with Crippen molar-refractivity contribution in [3.8, 4) is 0 Å². The molecular formula is C17H22. The smallest absolute Gasteiger partial charge is 0.0152 e. The Bertz CT molecular complexity index is 445. The fourth-order valence-corrected chi connectivity index (χ4v) is 1.79. The summed E-state index contributed by atoms with van der Waals surface area (Å²) in [6, 6.07) is 8.43. The first-order chi connectivity index (χ1) is 8.06. The van der Waals surface area contributed by atoms with Crippen molar-refractivity contribution in [2.75, 3.05) is 0 Å². The maximum Gasteiger partial charge on any atom is -0.0152 e. The minimum Gasteiger partial charge on any atom is -0.0984 e. The van der Waals surface area contributed by atoms with Gasteiger partial charge in [-0.2, -0.15) is 0 Å². The highest BCUT2D eigenvalue weighted by atomic mass is 14.1. The Morgan fingerprint density at radius 1 is 1.24 bits per heavy atom. The molecule has 0 spiro atoms. The molecule has 17 heavy (non-hydrogen) atoms. The van der Waals surface area contributed by atoms with E-state index in [-0.39, 0.29) is 0 Å². The average Bonchev–Trinajstić information content (AvgIpc) is 2.30. The van der Waals surface area contributed by atoms with Crippen molar-refractivity contribution in [1.29, 1.82) is 0 Å². The summed E-state index contributed by atoms with van der Waals surface area (Å²) in [6.07, 6.45) is 6.35. The molecule has 0 unspecified atom stereocenters. The Balaban J connectivity index is 3.19. The number of benzene rings is 1. The van der Waals surface area contributed by atoms with Gasteiger partial charge in [0.2, 0.25) is 0 Å². The lowest BCUT2D eigenvalue weighted by Gasteiger charge is -2.09. The van der Waals surface area contributed by atoms with Crippen molar-refractivity contribution in [2.24, 2.45) is 5.92 Å². The van der Waals surface area contributed by atoms with E-state index in [1.165, 1.54) is 22.3 Å². The molecule has 0 aromatic heterocycles. The molecule has 0 heteroatoms. The van der Waals surface area contributed by atoms with Crippen molar-refractivity contribution in [1.82, 2.24) is 0 Å². The predicted octanol–water partition coefficient (Wildman–Crippen LogP) is 5.17. The Morgan fingerprint density at radius 2 is 1.88 bits per heavy atom. The van der Waals surface area contributed by atoms with Crippen LogP contribution in [0.25, 0.3) is 5.57 Å². The third-order valence-corrected chi connectivity index (χ3v) is 2.80. The molecule has 0 aliphatic heterocycles. The zero-order chi connectivity index (χ0) is 12.8. The van der Waals surface area contributed by atoms with Gasteiger partial charge in [-0.15, -0.1) is 0 Å². The van der Waals surface area contributed by atoms with Gasteiger partial charge in [0.1, 0.15) is 0 Å². The quantitative estimate of drug-likeness (QED) is 0.621. The minimum atomic E-state index is 0.577. The van der Waals surface area contributed by atoms with Gasteiger partial charge < -0.3 is 0 Å². The van der Waals surface area contributed by atoms with Crippen molar-refractivity contribution >= 4 is 5.57 Å². The van der Waals surface area contributed by atoms with Crippen LogP contribution >= 0.6 is 0 Å². The van der Waals surface area contributed by atoms with Gasteiger partial charge in [0.15, 0.2) is 0 Å². The molecule has 0 fully saturated rings. The summed E-state index contributed by atoms with van der Waals surface area (Å²) in [4.78, 5) is 0. The van der Waals surface area contributed by atoms with Crippen LogP contribution in [-0.4, -0.2) is 0 Å². The topological polar surface area (TPSA) is 0 Å². The zero-order valence-corrected chi connectivity index (χ0v) is 11.3. The van der Waals surface area contributed by atoms with Gasteiger partial charge >= 0.3 is 0 Å². The second-order valence-electron chi connectivity index (χ2n) is 4.72. The third-order valence-electron chi connectivity index (χ3n) is 2.80. The highest BCUT2D eigenvalue weighted by Gasteiger charge is 2.03. The van der Waals surface area contributed by atoms with E-state index in [9.17, 15) is 0 Å². The van der Waals surface area contributed by atoms with Crippen LogP contribution in [0.15, 0.2) is 54.6 Å². The molecular weight excluding hydrogens is 204 g/mol. The van der Waals surface area contributed by atoms with Crippen LogP contribution in [0, 0.1) is 12.8 Å². The molecule has 0 bridgehead atoms. The van der Waals surface area contributed by atoms with E-state index in [1.807, 2.05) is 6.08 Å². The van der Waals surface area contributed by atoms with Crippen LogP contribution in [-0.2, 0) is 0 Å². The first kappa shape index (κ1) is 13.5. The third kappa shape index (κ3) is 3.74. The summed E-state index contributed by atoms with van der Waals surface area (Å²) < 4.78 is 0. The maximum atomic E-state index is 3.93. The van der Waals surface area contributed by atoms with Crippen molar-refractivity contribution in [3.63, 3.8) is 0 Å². The van der Waals surface area contributed by atoms with Gasteiger partial charge in [0.05, 0.1) is 0 Å². The minimum absolute atomic E-state index is 0.577. The Kier molecular flexibility index (Phi) is 4.96. The number of aryl methyl sites for hydroxylation is 1. The van der Waals surface area contributed by atoms with Gasteiger partial charge in [0.25, 0.3) is 0 Å². The number of allylic oxidation sites excluding steroid dienone is 5. The molecule has 0 aliphatic carbocycles. The predicted molar refractivity (Wildman–Crippen MR) is 77.9 cm³/mol. The Hall–Kier alpha value is -1.56. The summed E-state index contributed by atoms with van der Waals surface area (Å²) in [5.41, 5.74) is 5.05. The lowest BCUT2D eigenvalue weighted by Crippen LogP contribution is -1.89. The lowest BCUT2D eigenvalue weighted by molar-refractivity contribution is 0.831. The van der Waals surface area contributed by atoms with Crippen molar-refractivity contribution in [2.45, 2.75) is 27.7 Å². The van der Waals surface area contributed by atoms with Crippen LogP contribution in [0.1, 0.15) is 31.9 Å². The molecule has 0 saturated heterocycles. The van der Waals surface area contributed by atoms with Gasteiger partial charge in [-0.1, -0.05) is 62.9 Å². The van der Waals surface area contributed by atoms with Gasteiger partial charge in [0, 0.05) is 0 Å².